The maximum absolute atomic E-state index is 13.8. The summed E-state index contributed by atoms with van der Waals surface area (Å²) in [4.78, 5) is 16.8. The second-order valence-corrected chi connectivity index (χ2v) is 7.03. The van der Waals surface area contributed by atoms with Gasteiger partial charge in [-0.05, 0) is 51.8 Å². The van der Waals surface area contributed by atoms with Crippen LogP contribution in [-0.2, 0) is 16.1 Å². The molecule has 1 amide bonds. The summed E-state index contributed by atoms with van der Waals surface area (Å²) in [5.74, 6) is 0.448. The number of rotatable bonds is 8. The first kappa shape index (κ1) is 20.6. The van der Waals surface area contributed by atoms with Crippen LogP contribution >= 0.6 is 0 Å². The van der Waals surface area contributed by atoms with Gasteiger partial charge in [-0.2, -0.15) is 0 Å². The highest BCUT2D eigenvalue weighted by atomic mass is 19.1. The molecule has 1 aliphatic rings. The minimum Gasteiger partial charge on any atom is -0.383 e. The van der Waals surface area contributed by atoms with E-state index in [4.69, 9.17) is 4.74 Å². The number of likely N-dealkylation sites (tertiary alicyclic amines) is 1. The van der Waals surface area contributed by atoms with E-state index in [1.807, 2.05) is 37.0 Å². The summed E-state index contributed by atoms with van der Waals surface area (Å²) in [6.45, 7) is 8.22. The summed E-state index contributed by atoms with van der Waals surface area (Å²) in [6, 6.07) is 6.98. The van der Waals surface area contributed by atoms with Crippen LogP contribution in [0.15, 0.2) is 35.9 Å². The first-order chi connectivity index (χ1) is 12.5. The lowest BCUT2D eigenvalue weighted by Gasteiger charge is -2.35. The lowest BCUT2D eigenvalue weighted by Crippen LogP contribution is -2.42. The minimum absolute atomic E-state index is 0.0957. The van der Waals surface area contributed by atoms with Gasteiger partial charge in [0.2, 0.25) is 5.91 Å². The van der Waals surface area contributed by atoms with Crippen molar-refractivity contribution < 1.29 is 13.9 Å². The van der Waals surface area contributed by atoms with Gasteiger partial charge in [-0.3, -0.25) is 9.69 Å². The lowest BCUT2D eigenvalue weighted by atomic mass is 9.95. The molecule has 1 saturated heterocycles. The van der Waals surface area contributed by atoms with E-state index in [2.05, 4.69) is 4.90 Å². The maximum atomic E-state index is 13.8. The van der Waals surface area contributed by atoms with Crippen LogP contribution in [-0.4, -0.2) is 55.6 Å². The number of piperidine rings is 1. The highest BCUT2D eigenvalue weighted by Crippen LogP contribution is 2.21. The number of hydrogen-bond acceptors (Lipinski definition) is 3. The number of methoxy groups -OCH3 is 1. The molecule has 4 nitrogen and oxygen atoms in total. The monoisotopic (exact) mass is 362 g/mol. The lowest BCUT2D eigenvalue weighted by molar-refractivity contribution is -0.128. The molecule has 0 radical (unpaired) electrons. The van der Waals surface area contributed by atoms with Crippen LogP contribution in [0.1, 0.15) is 32.3 Å². The molecule has 26 heavy (non-hydrogen) atoms. The first-order valence-electron chi connectivity index (χ1n) is 9.42. The Kier molecular flexibility index (Phi) is 8.26. The van der Waals surface area contributed by atoms with Gasteiger partial charge in [0.1, 0.15) is 5.82 Å². The number of allylic oxidation sites excluding steroid dienone is 1. The van der Waals surface area contributed by atoms with Crippen LogP contribution in [0.5, 0.6) is 0 Å². The molecule has 1 aromatic rings. The molecule has 0 atom stereocenters. The summed E-state index contributed by atoms with van der Waals surface area (Å²) in [7, 11) is 1.66. The molecule has 0 bridgehead atoms. The van der Waals surface area contributed by atoms with E-state index in [-0.39, 0.29) is 11.7 Å². The summed E-state index contributed by atoms with van der Waals surface area (Å²) in [6.07, 6.45) is 3.92. The zero-order valence-electron chi connectivity index (χ0n) is 16.2. The average Bonchev–Trinajstić information content (AvgIpc) is 2.67. The van der Waals surface area contributed by atoms with Crippen molar-refractivity contribution in [1.82, 2.24) is 9.80 Å². The number of benzene rings is 1. The van der Waals surface area contributed by atoms with Gasteiger partial charge in [-0.25, -0.2) is 4.39 Å². The van der Waals surface area contributed by atoms with Gasteiger partial charge < -0.3 is 9.64 Å². The fourth-order valence-electron chi connectivity index (χ4n) is 3.36. The summed E-state index contributed by atoms with van der Waals surface area (Å²) in [5.41, 5.74) is 1.53. The molecule has 0 aliphatic carbocycles. The molecule has 0 N–H and O–H groups in total. The Morgan fingerprint density at radius 2 is 2.04 bits per heavy atom. The fraction of sp³-hybridized carbons (Fsp3) is 0.571. The van der Waals surface area contributed by atoms with E-state index >= 15 is 0 Å². The topological polar surface area (TPSA) is 32.8 Å². The summed E-state index contributed by atoms with van der Waals surface area (Å²) < 4.78 is 19.0. The molecule has 144 valence electrons. The van der Waals surface area contributed by atoms with Gasteiger partial charge in [-0.1, -0.05) is 24.3 Å². The smallest absolute Gasteiger partial charge is 0.249 e. The third-order valence-corrected chi connectivity index (χ3v) is 5.16. The minimum atomic E-state index is -0.132. The Labute approximate surface area is 156 Å². The molecule has 0 aromatic heterocycles. The van der Waals surface area contributed by atoms with Crippen LogP contribution in [0.25, 0.3) is 0 Å². The van der Waals surface area contributed by atoms with Crippen LogP contribution < -0.4 is 0 Å². The summed E-state index contributed by atoms with van der Waals surface area (Å²) in [5, 5.41) is 0. The Morgan fingerprint density at radius 1 is 1.35 bits per heavy atom. The molecule has 2 rings (SSSR count). The van der Waals surface area contributed by atoms with Gasteiger partial charge in [0.25, 0.3) is 0 Å². The second-order valence-electron chi connectivity index (χ2n) is 7.03. The number of halogens is 1. The van der Waals surface area contributed by atoms with Crippen molar-refractivity contribution in [3.8, 4) is 0 Å². The third kappa shape index (κ3) is 5.92. The van der Waals surface area contributed by atoms with Crippen LogP contribution in [0.3, 0.4) is 0 Å². The molecule has 1 aliphatic heterocycles. The van der Waals surface area contributed by atoms with Gasteiger partial charge in [0.05, 0.1) is 6.61 Å². The number of carbonyl (C=O) groups is 1. The van der Waals surface area contributed by atoms with E-state index in [1.54, 1.807) is 13.2 Å². The zero-order valence-corrected chi connectivity index (χ0v) is 16.2. The Balaban J connectivity index is 1.87. The number of hydrogen-bond donors (Lipinski definition) is 0. The quantitative estimate of drug-likeness (QED) is 0.664. The highest BCUT2D eigenvalue weighted by molar-refractivity contribution is 5.92. The molecule has 0 saturated carbocycles. The number of carbonyl (C=O) groups excluding carboxylic acids is 1. The highest BCUT2D eigenvalue weighted by Gasteiger charge is 2.24. The van der Waals surface area contributed by atoms with E-state index in [1.165, 1.54) is 6.07 Å². The van der Waals surface area contributed by atoms with E-state index in [0.717, 1.165) is 43.6 Å². The van der Waals surface area contributed by atoms with Crippen LogP contribution in [0.2, 0.25) is 0 Å². The van der Waals surface area contributed by atoms with Crippen molar-refractivity contribution in [3.05, 3.63) is 47.3 Å². The van der Waals surface area contributed by atoms with Crippen molar-refractivity contribution in [2.45, 2.75) is 33.2 Å². The predicted octanol–water partition coefficient (Wildman–Crippen LogP) is 3.48. The maximum Gasteiger partial charge on any atom is 0.249 e. The molecule has 5 heteroatoms. The largest absolute Gasteiger partial charge is 0.383 e. The molecule has 1 aromatic carbocycles. The van der Waals surface area contributed by atoms with Gasteiger partial charge in [0.15, 0.2) is 0 Å². The fourth-order valence-corrected chi connectivity index (χ4v) is 3.36. The van der Waals surface area contributed by atoms with Crippen molar-refractivity contribution in [1.29, 1.82) is 0 Å². The Bertz CT molecular complexity index is 610. The van der Waals surface area contributed by atoms with E-state index in [0.29, 0.717) is 25.6 Å². The molecule has 0 unspecified atom stereocenters. The molecule has 0 spiro atoms. The molecular formula is C21H31FN2O2. The standard InChI is InChI=1S/C21H31FN2O2/c1-4-17(2)21(25)24(13-14-26-3)15-18-9-11-23(12-10-18)16-19-7-5-6-8-20(19)22/h4-8,18H,9-16H2,1-3H3. The first-order valence-corrected chi connectivity index (χ1v) is 9.42. The predicted molar refractivity (Wildman–Crippen MR) is 102 cm³/mol. The van der Waals surface area contributed by atoms with Crippen molar-refractivity contribution >= 4 is 5.91 Å². The number of ether oxygens (including phenoxy) is 1. The molecular weight excluding hydrogens is 331 g/mol. The average molecular weight is 362 g/mol. The third-order valence-electron chi connectivity index (χ3n) is 5.16. The molecule has 1 fully saturated rings. The van der Waals surface area contributed by atoms with Gasteiger partial charge in [0, 0.05) is 37.9 Å². The normalized spacial score (nSPS) is 16.7. The number of nitrogens with zero attached hydrogens (tertiary/aromatic N) is 2. The van der Waals surface area contributed by atoms with Gasteiger partial charge >= 0.3 is 0 Å². The summed E-state index contributed by atoms with van der Waals surface area (Å²) >= 11 is 0. The van der Waals surface area contributed by atoms with Crippen LogP contribution in [0, 0.1) is 11.7 Å². The van der Waals surface area contributed by atoms with E-state index < -0.39 is 0 Å². The molecule has 1 heterocycles. The van der Waals surface area contributed by atoms with Crippen LogP contribution in [0.4, 0.5) is 4.39 Å². The Hall–Kier alpha value is -1.72. The number of amides is 1. The van der Waals surface area contributed by atoms with Gasteiger partial charge in [-0.15, -0.1) is 0 Å². The van der Waals surface area contributed by atoms with E-state index in [9.17, 15) is 9.18 Å². The van der Waals surface area contributed by atoms with Crippen molar-refractivity contribution in [2.75, 3.05) is 39.9 Å². The van der Waals surface area contributed by atoms with Crippen molar-refractivity contribution in [2.24, 2.45) is 5.92 Å². The van der Waals surface area contributed by atoms with Crippen molar-refractivity contribution in [3.63, 3.8) is 0 Å². The Morgan fingerprint density at radius 3 is 2.65 bits per heavy atom. The zero-order chi connectivity index (χ0) is 18.9. The second kappa shape index (κ2) is 10.4. The SMILES string of the molecule is CC=C(C)C(=O)N(CCOC)CC1CCN(Cc2ccccc2F)CC1.